The van der Waals surface area contributed by atoms with Crippen LogP contribution in [0.5, 0.6) is 0 Å². The molecule has 0 atom stereocenters. The Morgan fingerprint density at radius 2 is 2.39 bits per heavy atom. The van der Waals surface area contributed by atoms with Crippen LogP contribution in [0, 0.1) is 11.3 Å². The van der Waals surface area contributed by atoms with Crippen molar-refractivity contribution in [2.75, 3.05) is 30.7 Å². The minimum Gasteiger partial charge on any atom is -0.395 e. The Kier molecular flexibility index (Phi) is 4.00. The maximum absolute atomic E-state index is 8.88. The SMILES string of the molecule is CCN(CCNc1nccc(C#N)c1N)C1CC1. The lowest BCUT2D eigenvalue weighted by Gasteiger charge is -2.20. The van der Waals surface area contributed by atoms with Gasteiger partial charge in [0.25, 0.3) is 0 Å². The van der Waals surface area contributed by atoms with E-state index in [0.29, 0.717) is 17.1 Å². The van der Waals surface area contributed by atoms with E-state index < -0.39 is 0 Å². The molecule has 5 nitrogen and oxygen atoms in total. The first-order valence-corrected chi connectivity index (χ1v) is 6.38. The van der Waals surface area contributed by atoms with Gasteiger partial charge in [-0.3, -0.25) is 4.90 Å². The Morgan fingerprint density at radius 3 is 3.00 bits per heavy atom. The summed E-state index contributed by atoms with van der Waals surface area (Å²) in [7, 11) is 0. The molecule has 0 unspecified atom stereocenters. The number of pyridine rings is 1. The Hall–Kier alpha value is -1.80. The van der Waals surface area contributed by atoms with Crippen molar-refractivity contribution in [3.63, 3.8) is 0 Å². The van der Waals surface area contributed by atoms with E-state index in [1.165, 1.54) is 12.8 Å². The van der Waals surface area contributed by atoms with Crippen molar-refractivity contribution in [1.82, 2.24) is 9.88 Å². The molecule has 0 aliphatic heterocycles. The lowest BCUT2D eigenvalue weighted by atomic mass is 10.2. The molecule has 1 saturated carbocycles. The molecule has 5 heteroatoms. The maximum Gasteiger partial charge on any atom is 0.150 e. The van der Waals surface area contributed by atoms with E-state index in [2.05, 4.69) is 28.2 Å². The highest BCUT2D eigenvalue weighted by molar-refractivity contribution is 5.68. The van der Waals surface area contributed by atoms with Crippen LogP contribution in [0.2, 0.25) is 0 Å². The van der Waals surface area contributed by atoms with E-state index in [9.17, 15) is 0 Å². The molecular formula is C13H19N5. The molecule has 1 aromatic heterocycles. The highest BCUT2D eigenvalue weighted by Gasteiger charge is 2.27. The molecule has 1 aliphatic rings. The molecule has 3 N–H and O–H groups in total. The second-order valence-electron chi connectivity index (χ2n) is 4.52. The zero-order valence-corrected chi connectivity index (χ0v) is 10.7. The van der Waals surface area contributed by atoms with E-state index in [1.54, 1.807) is 12.3 Å². The monoisotopic (exact) mass is 245 g/mol. The van der Waals surface area contributed by atoms with Crippen molar-refractivity contribution < 1.29 is 0 Å². The van der Waals surface area contributed by atoms with Crippen molar-refractivity contribution in [3.8, 4) is 6.07 Å². The average molecular weight is 245 g/mol. The van der Waals surface area contributed by atoms with Crippen molar-refractivity contribution in [1.29, 1.82) is 5.26 Å². The van der Waals surface area contributed by atoms with Crippen LogP contribution in [-0.4, -0.2) is 35.6 Å². The van der Waals surface area contributed by atoms with Crippen molar-refractivity contribution in [3.05, 3.63) is 17.8 Å². The van der Waals surface area contributed by atoms with Gasteiger partial charge in [-0.15, -0.1) is 0 Å². The number of hydrogen-bond donors (Lipinski definition) is 2. The van der Waals surface area contributed by atoms with Crippen molar-refractivity contribution >= 4 is 11.5 Å². The van der Waals surface area contributed by atoms with Crippen LogP contribution in [0.15, 0.2) is 12.3 Å². The number of nitriles is 1. The second-order valence-corrected chi connectivity index (χ2v) is 4.52. The summed E-state index contributed by atoms with van der Waals surface area (Å²) in [6.07, 6.45) is 4.24. The van der Waals surface area contributed by atoms with E-state index in [1.807, 2.05) is 0 Å². The lowest BCUT2D eigenvalue weighted by Crippen LogP contribution is -2.31. The van der Waals surface area contributed by atoms with Crippen LogP contribution in [0.3, 0.4) is 0 Å². The Bertz CT molecular complexity index is 447. The first kappa shape index (κ1) is 12.7. The number of anilines is 2. The number of nitrogen functional groups attached to an aromatic ring is 1. The summed E-state index contributed by atoms with van der Waals surface area (Å²) in [6.45, 7) is 5.05. The van der Waals surface area contributed by atoms with Gasteiger partial charge in [-0.05, 0) is 25.5 Å². The normalized spacial score (nSPS) is 14.5. The zero-order chi connectivity index (χ0) is 13.0. The first-order chi connectivity index (χ1) is 8.76. The molecule has 96 valence electrons. The minimum absolute atomic E-state index is 0.439. The number of nitrogens with one attached hydrogen (secondary N) is 1. The van der Waals surface area contributed by atoms with E-state index in [0.717, 1.165) is 25.7 Å². The molecule has 1 aromatic rings. The highest BCUT2D eigenvalue weighted by atomic mass is 15.2. The smallest absolute Gasteiger partial charge is 0.150 e. The maximum atomic E-state index is 8.88. The summed E-state index contributed by atoms with van der Waals surface area (Å²) < 4.78 is 0. The Balaban J connectivity index is 1.88. The van der Waals surface area contributed by atoms with Crippen LogP contribution in [0.4, 0.5) is 11.5 Å². The summed E-state index contributed by atoms with van der Waals surface area (Å²) >= 11 is 0. The van der Waals surface area contributed by atoms with Crippen LogP contribution in [0.25, 0.3) is 0 Å². The van der Waals surface area contributed by atoms with Gasteiger partial charge in [-0.25, -0.2) is 4.98 Å². The summed E-state index contributed by atoms with van der Waals surface area (Å²) in [5, 5.41) is 12.1. The van der Waals surface area contributed by atoms with Crippen LogP contribution in [-0.2, 0) is 0 Å². The third kappa shape index (κ3) is 2.90. The standard InChI is InChI=1S/C13H19N5/c1-2-18(11-3-4-11)8-7-17-13-12(15)10(9-14)5-6-16-13/h5-6,11H,2-4,7-8,15H2,1H3,(H,16,17). The van der Waals surface area contributed by atoms with Crippen molar-refractivity contribution in [2.24, 2.45) is 0 Å². The fraction of sp³-hybridized carbons (Fsp3) is 0.538. The molecule has 0 bridgehead atoms. The minimum atomic E-state index is 0.439. The summed E-state index contributed by atoms with van der Waals surface area (Å²) in [4.78, 5) is 6.62. The van der Waals surface area contributed by atoms with Gasteiger partial charge in [0.2, 0.25) is 0 Å². The molecule has 1 heterocycles. The molecular weight excluding hydrogens is 226 g/mol. The average Bonchev–Trinajstić information content (AvgIpc) is 3.21. The lowest BCUT2D eigenvalue weighted by molar-refractivity contribution is 0.289. The van der Waals surface area contributed by atoms with Gasteiger partial charge in [0.05, 0.1) is 11.3 Å². The van der Waals surface area contributed by atoms with Gasteiger partial charge in [-0.2, -0.15) is 5.26 Å². The predicted molar refractivity (Wildman–Crippen MR) is 72.1 cm³/mol. The predicted octanol–water partition coefficient (Wildman–Crippen LogP) is 1.43. The molecule has 0 spiro atoms. The van der Waals surface area contributed by atoms with Gasteiger partial charge in [-0.1, -0.05) is 6.92 Å². The quantitative estimate of drug-likeness (QED) is 0.792. The number of aromatic nitrogens is 1. The highest BCUT2D eigenvalue weighted by Crippen LogP contribution is 2.26. The molecule has 0 amide bonds. The molecule has 2 rings (SSSR count). The molecule has 18 heavy (non-hydrogen) atoms. The van der Waals surface area contributed by atoms with Crippen molar-refractivity contribution in [2.45, 2.75) is 25.8 Å². The Labute approximate surface area is 108 Å². The number of hydrogen-bond acceptors (Lipinski definition) is 5. The van der Waals surface area contributed by atoms with Crippen LogP contribution in [0.1, 0.15) is 25.3 Å². The zero-order valence-electron chi connectivity index (χ0n) is 10.7. The molecule has 0 aromatic carbocycles. The third-order valence-corrected chi connectivity index (χ3v) is 3.27. The largest absolute Gasteiger partial charge is 0.395 e. The van der Waals surface area contributed by atoms with Gasteiger partial charge < -0.3 is 11.1 Å². The van der Waals surface area contributed by atoms with Gasteiger partial charge in [0, 0.05) is 25.3 Å². The molecule has 1 aliphatic carbocycles. The number of nitrogens with zero attached hydrogens (tertiary/aromatic N) is 3. The van der Waals surface area contributed by atoms with Crippen LogP contribution < -0.4 is 11.1 Å². The topological polar surface area (TPSA) is 78.0 Å². The van der Waals surface area contributed by atoms with E-state index in [-0.39, 0.29) is 0 Å². The van der Waals surface area contributed by atoms with Gasteiger partial charge in [0.15, 0.2) is 5.82 Å². The third-order valence-electron chi connectivity index (χ3n) is 3.27. The van der Waals surface area contributed by atoms with Crippen LogP contribution >= 0.6 is 0 Å². The fourth-order valence-corrected chi connectivity index (χ4v) is 2.07. The summed E-state index contributed by atoms with van der Waals surface area (Å²) in [5.41, 5.74) is 6.77. The number of nitrogens with two attached hydrogens (primary N) is 1. The molecule has 0 radical (unpaired) electrons. The summed E-state index contributed by atoms with van der Waals surface area (Å²) in [5.74, 6) is 0.612. The fourth-order valence-electron chi connectivity index (χ4n) is 2.07. The number of likely N-dealkylation sites (N-methyl/N-ethyl adjacent to an activating group) is 1. The Morgan fingerprint density at radius 1 is 1.61 bits per heavy atom. The van der Waals surface area contributed by atoms with Gasteiger partial charge in [0.1, 0.15) is 6.07 Å². The van der Waals surface area contributed by atoms with E-state index >= 15 is 0 Å². The molecule has 0 saturated heterocycles. The first-order valence-electron chi connectivity index (χ1n) is 6.38. The molecule has 1 fully saturated rings. The van der Waals surface area contributed by atoms with Gasteiger partial charge >= 0.3 is 0 Å². The number of rotatable bonds is 6. The second kappa shape index (κ2) is 5.69. The summed E-state index contributed by atoms with van der Waals surface area (Å²) in [6, 6.07) is 4.46. The van der Waals surface area contributed by atoms with E-state index in [4.69, 9.17) is 11.0 Å².